The second-order valence-electron chi connectivity index (χ2n) is 8.84. The Morgan fingerprint density at radius 3 is 2.80 bits per heavy atom. The summed E-state index contributed by atoms with van der Waals surface area (Å²) in [6.45, 7) is 2.92. The second kappa shape index (κ2) is 10.00. The van der Waals surface area contributed by atoms with Gasteiger partial charge in [-0.3, -0.25) is 9.52 Å². The maximum absolute atomic E-state index is 13.7. The fourth-order valence-electron chi connectivity index (χ4n) is 4.44. The smallest absolute Gasteiger partial charge is 0.256 e. The highest BCUT2D eigenvalue weighted by atomic mass is 35.5. The molecule has 0 radical (unpaired) electrons. The summed E-state index contributed by atoms with van der Waals surface area (Å²) in [5, 5.41) is 14.3. The van der Waals surface area contributed by atoms with Crippen molar-refractivity contribution in [3.05, 3.63) is 52.3 Å². The van der Waals surface area contributed by atoms with Crippen LogP contribution in [-0.4, -0.2) is 71.9 Å². The van der Waals surface area contributed by atoms with Gasteiger partial charge in [0.2, 0.25) is 10.0 Å². The molecule has 188 valence electrons. The van der Waals surface area contributed by atoms with E-state index in [0.717, 1.165) is 36.9 Å². The first-order chi connectivity index (χ1) is 16.6. The van der Waals surface area contributed by atoms with E-state index in [9.17, 15) is 18.3 Å². The molecule has 2 aromatic heterocycles. The van der Waals surface area contributed by atoms with Gasteiger partial charge >= 0.3 is 0 Å². The number of halogens is 1. The second-order valence-corrected chi connectivity index (χ2v) is 11.0. The van der Waals surface area contributed by atoms with Gasteiger partial charge in [-0.05, 0) is 44.4 Å². The third-order valence-electron chi connectivity index (χ3n) is 6.03. The Balaban J connectivity index is 1.71. The number of benzene rings is 1. The summed E-state index contributed by atoms with van der Waals surface area (Å²) in [5.74, 6) is 0.443. The van der Waals surface area contributed by atoms with Crippen LogP contribution in [0.1, 0.15) is 46.9 Å². The number of fused-ring (bicyclic) bond motifs is 1. The molecule has 12 heteroatoms. The van der Waals surface area contributed by atoms with Crippen molar-refractivity contribution in [1.82, 2.24) is 19.5 Å². The van der Waals surface area contributed by atoms with Crippen LogP contribution in [0.3, 0.4) is 0 Å². The molecule has 2 N–H and O–H groups in total. The van der Waals surface area contributed by atoms with Gasteiger partial charge < -0.3 is 14.9 Å². The van der Waals surface area contributed by atoms with Gasteiger partial charge in [0, 0.05) is 43.0 Å². The van der Waals surface area contributed by atoms with Crippen LogP contribution < -0.4 is 9.62 Å². The van der Waals surface area contributed by atoms with E-state index in [4.69, 9.17) is 21.7 Å². The first-order valence-corrected chi connectivity index (χ1v) is 13.6. The molecule has 0 aliphatic carbocycles. The molecule has 3 heterocycles. The standard InChI is InChI=1S/C23H29ClN6O4S/c1-15-14-30-21(25-22(15)28(2)10-11-31)13-19(26-30)20-6-4-5-9-29(20)23(32)17-12-16(24)7-8-18(17)27-35(3,33)34/h7-8,12-14,20,27,31H,4-6,9-11H2,1-3H3/t20-/m0/s1. The predicted molar refractivity (Wildman–Crippen MR) is 136 cm³/mol. The van der Waals surface area contributed by atoms with E-state index < -0.39 is 10.0 Å². The minimum atomic E-state index is -3.59. The van der Waals surface area contributed by atoms with E-state index in [1.807, 2.05) is 31.1 Å². The Bertz CT molecular complexity index is 1360. The van der Waals surface area contributed by atoms with Gasteiger partial charge in [-0.15, -0.1) is 0 Å². The van der Waals surface area contributed by atoms with E-state index in [1.165, 1.54) is 12.1 Å². The molecule has 1 amide bonds. The number of anilines is 2. The van der Waals surface area contributed by atoms with Gasteiger partial charge in [0.15, 0.2) is 5.65 Å². The highest BCUT2D eigenvalue weighted by molar-refractivity contribution is 7.92. The molecule has 10 nitrogen and oxygen atoms in total. The Hall–Kier alpha value is -2.89. The minimum Gasteiger partial charge on any atom is -0.395 e. The number of carbonyl (C=O) groups excluding carboxylic acids is 1. The zero-order valence-corrected chi connectivity index (χ0v) is 21.5. The number of hydrogen-bond donors (Lipinski definition) is 2. The number of aryl methyl sites for hydroxylation is 1. The van der Waals surface area contributed by atoms with E-state index in [0.29, 0.717) is 29.5 Å². The Morgan fingerprint density at radius 2 is 2.09 bits per heavy atom. The summed E-state index contributed by atoms with van der Waals surface area (Å²) in [6.07, 6.45) is 5.41. The lowest BCUT2D eigenvalue weighted by atomic mass is 9.98. The van der Waals surface area contributed by atoms with Crippen LogP contribution in [0.4, 0.5) is 11.5 Å². The van der Waals surface area contributed by atoms with E-state index in [-0.39, 0.29) is 29.8 Å². The molecular weight excluding hydrogens is 492 g/mol. The molecule has 1 saturated heterocycles. The van der Waals surface area contributed by atoms with Gasteiger partial charge in [-0.1, -0.05) is 11.6 Å². The molecule has 1 aliphatic heterocycles. The van der Waals surface area contributed by atoms with Crippen molar-refractivity contribution in [2.24, 2.45) is 0 Å². The van der Waals surface area contributed by atoms with Gasteiger partial charge in [-0.25, -0.2) is 17.9 Å². The van der Waals surface area contributed by atoms with Crippen LogP contribution in [0.5, 0.6) is 0 Å². The SMILES string of the molecule is Cc1cn2nc([C@@H]3CCCCN3C(=O)c3cc(Cl)ccc3NS(C)(=O)=O)cc2nc1N(C)CCO. The van der Waals surface area contributed by atoms with Crippen LogP contribution in [0.2, 0.25) is 5.02 Å². The van der Waals surface area contributed by atoms with Crippen molar-refractivity contribution < 1.29 is 18.3 Å². The number of rotatable bonds is 7. The normalized spacial score (nSPS) is 16.5. The van der Waals surface area contributed by atoms with E-state index in [1.54, 1.807) is 15.5 Å². The number of amides is 1. The summed E-state index contributed by atoms with van der Waals surface area (Å²) in [7, 11) is -1.72. The fraction of sp³-hybridized carbons (Fsp3) is 0.435. The van der Waals surface area contributed by atoms with Crippen molar-refractivity contribution in [1.29, 1.82) is 0 Å². The summed E-state index contributed by atoms with van der Waals surface area (Å²) in [6, 6.07) is 6.11. The molecule has 0 bridgehead atoms. The maximum atomic E-state index is 13.7. The zero-order chi connectivity index (χ0) is 25.3. The van der Waals surface area contributed by atoms with Crippen molar-refractivity contribution in [2.75, 3.05) is 42.6 Å². The van der Waals surface area contributed by atoms with Gasteiger partial charge in [0.05, 0.1) is 35.8 Å². The average Bonchev–Trinajstić information content (AvgIpc) is 3.21. The predicted octanol–water partition coefficient (Wildman–Crippen LogP) is 2.86. The zero-order valence-electron chi connectivity index (χ0n) is 19.9. The van der Waals surface area contributed by atoms with Crippen molar-refractivity contribution in [2.45, 2.75) is 32.2 Å². The molecule has 1 fully saturated rings. The highest BCUT2D eigenvalue weighted by Gasteiger charge is 2.32. The molecule has 35 heavy (non-hydrogen) atoms. The number of aromatic nitrogens is 3. The third-order valence-corrected chi connectivity index (χ3v) is 6.86. The topological polar surface area (TPSA) is 120 Å². The minimum absolute atomic E-state index is 0.0200. The van der Waals surface area contributed by atoms with E-state index >= 15 is 0 Å². The lowest BCUT2D eigenvalue weighted by Gasteiger charge is -2.35. The quantitative estimate of drug-likeness (QED) is 0.491. The summed E-state index contributed by atoms with van der Waals surface area (Å²) in [4.78, 5) is 22.0. The number of sulfonamides is 1. The number of piperidine rings is 1. The average molecular weight is 521 g/mol. The van der Waals surface area contributed by atoms with Crippen LogP contribution in [0.15, 0.2) is 30.5 Å². The summed E-state index contributed by atoms with van der Waals surface area (Å²) in [5.41, 5.74) is 2.66. The number of likely N-dealkylation sites (tertiary alicyclic amines) is 1. The first kappa shape index (κ1) is 25.2. The molecule has 3 aromatic rings. The molecular formula is C23H29ClN6O4S. The van der Waals surface area contributed by atoms with Gasteiger partial charge in [0.1, 0.15) is 5.82 Å². The number of likely N-dealkylation sites (N-methyl/N-ethyl adjacent to an activating group) is 1. The Morgan fingerprint density at radius 1 is 1.31 bits per heavy atom. The molecule has 0 unspecified atom stereocenters. The lowest BCUT2D eigenvalue weighted by Crippen LogP contribution is -2.39. The van der Waals surface area contributed by atoms with Gasteiger partial charge in [0.25, 0.3) is 5.91 Å². The first-order valence-electron chi connectivity index (χ1n) is 11.3. The van der Waals surface area contributed by atoms with Crippen LogP contribution in [-0.2, 0) is 10.0 Å². The molecule has 0 spiro atoms. The van der Waals surface area contributed by atoms with Crippen LogP contribution >= 0.6 is 11.6 Å². The van der Waals surface area contributed by atoms with Crippen molar-refractivity contribution in [3.8, 4) is 0 Å². The number of hydrogen-bond acceptors (Lipinski definition) is 7. The Labute approximate surface area is 209 Å². The molecule has 4 rings (SSSR count). The van der Waals surface area contributed by atoms with Crippen LogP contribution in [0.25, 0.3) is 5.65 Å². The third kappa shape index (κ3) is 5.52. The van der Waals surface area contributed by atoms with Crippen molar-refractivity contribution >= 4 is 44.7 Å². The molecule has 0 saturated carbocycles. The number of aliphatic hydroxyl groups excluding tert-OH is 1. The fourth-order valence-corrected chi connectivity index (χ4v) is 5.19. The molecule has 1 aromatic carbocycles. The lowest BCUT2D eigenvalue weighted by molar-refractivity contribution is 0.0607. The monoisotopic (exact) mass is 520 g/mol. The number of carbonyl (C=O) groups is 1. The molecule has 1 atom stereocenters. The largest absolute Gasteiger partial charge is 0.395 e. The van der Waals surface area contributed by atoms with Gasteiger partial charge in [-0.2, -0.15) is 5.10 Å². The number of nitrogens with one attached hydrogen (secondary N) is 1. The Kier molecular flexibility index (Phi) is 7.20. The van der Waals surface area contributed by atoms with Crippen molar-refractivity contribution in [3.63, 3.8) is 0 Å². The van der Waals surface area contributed by atoms with E-state index in [2.05, 4.69) is 4.72 Å². The number of nitrogens with zero attached hydrogens (tertiary/aromatic N) is 5. The molecule has 1 aliphatic rings. The highest BCUT2D eigenvalue weighted by Crippen LogP contribution is 2.34. The summed E-state index contributed by atoms with van der Waals surface area (Å²) < 4.78 is 27.8. The maximum Gasteiger partial charge on any atom is 0.256 e. The summed E-state index contributed by atoms with van der Waals surface area (Å²) >= 11 is 6.16. The van der Waals surface area contributed by atoms with Crippen LogP contribution in [0, 0.1) is 6.92 Å². The number of aliphatic hydroxyl groups is 1.